The van der Waals surface area contributed by atoms with Crippen LogP contribution in [0.3, 0.4) is 0 Å². The number of pyridine rings is 1. The van der Waals surface area contributed by atoms with E-state index in [1.165, 1.54) is 23.3 Å². The summed E-state index contributed by atoms with van der Waals surface area (Å²) in [4.78, 5) is 35.2. The number of esters is 1. The number of carbonyl (C=O) groups is 2. The molecule has 0 unspecified atom stereocenters. The fraction of sp³-hybridized carbons (Fsp3) is 0.500. The Morgan fingerprint density at radius 1 is 1.13 bits per heavy atom. The van der Waals surface area contributed by atoms with Crippen LogP contribution < -0.4 is 5.32 Å². The minimum atomic E-state index is -0.354. The van der Waals surface area contributed by atoms with Crippen molar-refractivity contribution in [1.82, 2.24) is 14.8 Å². The molecule has 2 aromatic rings. The molecule has 4 rings (SSSR count). The molecule has 2 aromatic heterocycles. The summed E-state index contributed by atoms with van der Waals surface area (Å²) in [5.41, 5.74) is 2.70. The molecule has 1 saturated heterocycles. The number of thiophene rings is 1. The second kappa shape index (κ2) is 9.68. The Morgan fingerprint density at radius 2 is 1.90 bits per heavy atom. The minimum Gasteiger partial charge on any atom is -0.465 e. The van der Waals surface area contributed by atoms with Crippen LogP contribution in [-0.4, -0.2) is 66.5 Å². The van der Waals surface area contributed by atoms with Crippen LogP contribution in [0.4, 0.5) is 5.00 Å². The monoisotopic (exact) mass is 428 g/mol. The van der Waals surface area contributed by atoms with Gasteiger partial charge in [0.25, 0.3) is 0 Å². The summed E-state index contributed by atoms with van der Waals surface area (Å²) in [5.74, 6) is -0.426. The normalized spacial score (nSPS) is 17.4. The molecule has 2 aliphatic rings. The number of anilines is 1. The number of carbonyl (C=O) groups excluding carboxylic acids is 2. The van der Waals surface area contributed by atoms with E-state index in [1.807, 2.05) is 24.4 Å². The SMILES string of the molecule is COC(=O)c1c(NC(=O)CN2CCN(Cc3ccccn3)CC2)sc2c1CCCC2. The molecule has 3 heterocycles. The number of rotatable bonds is 6. The van der Waals surface area contributed by atoms with Crippen molar-refractivity contribution in [2.45, 2.75) is 32.2 Å². The molecule has 1 aliphatic heterocycles. The highest BCUT2D eigenvalue weighted by Crippen LogP contribution is 2.38. The van der Waals surface area contributed by atoms with E-state index in [9.17, 15) is 9.59 Å². The number of hydrogen-bond donors (Lipinski definition) is 1. The minimum absolute atomic E-state index is 0.0723. The van der Waals surface area contributed by atoms with Crippen molar-refractivity contribution in [2.75, 3.05) is 45.2 Å². The van der Waals surface area contributed by atoms with Crippen LogP contribution in [0.2, 0.25) is 0 Å². The topological polar surface area (TPSA) is 74.8 Å². The quantitative estimate of drug-likeness (QED) is 0.713. The molecule has 1 N–H and O–H groups in total. The van der Waals surface area contributed by atoms with Gasteiger partial charge in [-0.1, -0.05) is 6.07 Å². The number of fused-ring (bicyclic) bond motifs is 1. The maximum atomic E-state index is 12.7. The number of ether oxygens (including phenoxy) is 1. The highest BCUT2D eigenvalue weighted by molar-refractivity contribution is 7.17. The largest absolute Gasteiger partial charge is 0.465 e. The third-order valence-corrected chi connectivity index (χ3v) is 6.96. The molecule has 160 valence electrons. The molecule has 0 radical (unpaired) electrons. The molecule has 0 atom stereocenters. The standard InChI is InChI=1S/C22H28N4O3S/c1-29-22(28)20-17-7-2-3-8-18(17)30-21(20)24-19(27)15-26-12-10-25(11-13-26)14-16-6-4-5-9-23-16/h4-6,9H,2-3,7-8,10-15H2,1H3,(H,24,27). The van der Waals surface area contributed by atoms with Crippen molar-refractivity contribution in [3.63, 3.8) is 0 Å². The summed E-state index contributed by atoms with van der Waals surface area (Å²) in [6, 6.07) is 5.98. The molecule has 7 nitrogen and oxygen atoms in total. The maximum Gasteiger partial charge on any atom is 0.341 e. The lowest BCUT2D eigenvalue weighted by molar-refractivity contribution is -0.117. The first-order valence-electron chi connectivity index (χ1n) is 10.5. The highest BCUT2D eigenvalue weighted by Gasteiger charge is 2.27. The third kappa shape index (κ3) is 4.88. The van der Waals surface area contributed by atoms with Gasteiger partial charge in [-0.15, -0.1) is 11.3 Å². The molecule has 8 heteroatoms. The Kier molecular flexibility index (Phi) is 6.76. The van der Waals surface area contributed by atoms with Crippen molar-refractivity contribution >= 4 is 28.2 Å². The van der Waals surface area contributed by atoms with Gasteiger partial charge in [-0.05, 0) is 43.4 Å². The van der Waals surface area contributed by atoms with Gasteiger partial charge < -0.3 is 10.1 Å². The van der Waals surface area contributed by atoms with Crippen LogP contribution in [-0.2, 0) is 28.9 Å². The number of aromatic nitrogens is 1. The molecular weight excluding hydrogens is 400 g/mol. The Morgan fingerprint density at radius 3 is 2.63 bits per heavy atom. The van der Waals surface area contributed by atoms with Crippen molar-refractivity contribution in [3.05, 3.63) is 46.1 Å². The van der Waals surface area contributed by atoms with Gasteiger partial charge in [0.05, 0.1) is 24.9 Å². The molecule has 0 bridgehead atoms. The van der Waals surface area contributed by atoms with E-state index in [1.54, 1.807) is 0 Å². The second-order valence-corrected chi connectivity index (χ2v) is 8.93. The maximum absolute atomic E-state index is 12.7. The van der Waals surface area contributed by atoms with Gasteiger partial charge in [0.15, 0.2) is 0 Å². The zero-order chi connectivity index (χ0) is 20.9. The number of aryl methyl sites for hydroxylation is 1. The van der Waals surface area contributed by atoms with Gasteiger partial charge in [0, 0.05) is 43.8 Å². The molecule has 30 heavy (non-hydrogen) atoms. The number of hydrogen-bond acceptors (Lipinski definition) is 7. The van der Waals surface area contributed by atoms with Gasteiger partial charge in [0.1, 0.15) is 5.00 Å². The second-order valence-electron chi connectivity index (χ2n) is 7.83. The number of nitrogens with zero attached hydrogens (tertiary/aromatic N) is 3. The Hall–Kier alpha value is -2.29. The van der Waals surface area contributed by atoms with E-state index in [0.29, 0.717) is 17.1 Å². The Bertz CT molecular complexity index is 891. The predicted molar refractivity (Wildman–Crippen MR) is 117 cm³/mol. The first-order valence-corrected chi connectivity index (χ1v) is 11.3. The molecular formula is C22H28N4O3S. The van der Waals surface area contributed by atoms with Gasteiger partial charge >= 0.3 is 5.97 Å². The average molecular weight is 429 g/mol. The van der Waals surface area contributed by atoms with Crippen molar-refractivity contribution in [2.24, 2.45) is 0 Å². The van der Waals surface area contributed by atoms with E-state index in [-0.39, 0.29) is 11.9 Å². The Balaban J connectivity index is 1.32. The molecule has 0 spiro atoms. The molecule has 0 saturated carbocycles. The zero-order valence-electron chi connectivity index (χ0n) is 17.4. The predicted octanol–water partition coefficient (Wildman–Crippen LogP) is 2.56. The van der Waals surface area contributed by atoms with Gasteiger partial charge in [-0.25, -0.2) is 4.79 Å². The lowest BCUT2D eigenvalue weighted by Crippen LogP contribution is -2.48. The summed E-state index contributed by atoms with van der Waals surface area (Å²) >= 11 is 1.53. The van der Waals surface area contributed by atoms with E-state index in [2.05, 4.69) is 20.1 Å². The fourth-order valence-electron chi connectivity index (χ4n) is 4.17. The summed E-state index contributed by atoms with van der Waals surface area (Å²) in [6.45, 7) is 4.66. The van der Waals surface area contributed by atoms with Crippen LogP contribution in [0.1, 0.15) is 39.3 Å². The Labute approximate surface area is 181 Å². The van der Waals surface area contributed by atoms with Crippen molar-refractivity contribution < 1.29 is 14.3 Å². The van der Waals surface area contributed by atoms with Gasteiger partial charge in [-0.2, -0.15) is 0 Å². The molecule has 0 aromatic carbocycles. The lowest BCUT2D eigenvalue weighted by atomic mass is 9.95. The first-order chi connectivity index (χ1) is 14.6. The van der Waals surface area contributed by atoms with Crippen LogP contribution >= 0.6 is 11.3 Å². The van der Waals surface area contributed by atoms with E-state index in [4.69, 9.17) is 4.74 Å². The number of methoxy groups -OCH3 is 1. The van der Waals surface area contributed by atoms with Crippen LogP contribution in [0.5, 0.6) is 0 Å². The van der Waals surface area contributed by atoms with Crippen molar-refractivity contribution in [1.29, 1.82) is 0 Å². The summed E-state index contributed by atoms with van der Waals surface area (Å²) in [7, 11) is 1.39. The van der Waals surface area contributed by atoms with Gasteiger partial charge in [0.2, 0.25) is 5.91 Å². The van der Waals surface area contributed by atoms with E-state index >= 15 is 0 Å². The number of amides is 1. The fourth-order valence-corrected chi connectivity index (χ4v) is 5.46. The van der Waals surface area contributed by atoms with E-state index < -0.39 is 0 Å². The number of nitrogens with one attached hydrogen (secondary N) is 1. The molecule has 1 amide bonds. The molecule has 1 aliphatic carbocycles. The van der Waals surface area contributed by atoms with Crippen LogP contribution in [0.15, 0.2) is 24.4 Å². The zero-order valence-corrected chi connectivity index (χ0v) is 18.2. The average Bonchev–Trinajstić information content (AvgIpc) is 3.13. The highest BCUT2D eigenvalue weighted by atomic mass is 32.1. The van der Waals surface area contributed by atoms with Crippen LogP contribution in [0.25, 0.3) is 0 Å². The third-order valence-electron chi connectivity index (χ3n) is 5.76. The van der Waals surface area contributed by atoms with Gasteiger partial charge in [-0.3, -0.25) is 19.6 Å². The smallest absolute Gasteiger partial charge is 0.341 e. The number of piperazine rings is 1. The first kappa shape index (κ1) is 21.0. The van der Waals surface area contributed by atoms with Crippen molar-refractivity contribution in [3.8, 4) is 0 Å². The summed E-state index contributed by atoms with van der Waals surface area (Å²) < 4.78 is 4.99. The summed E-state index contributed by atoms with van der Waals surface area (Å²) in [6.07, 6.45) is 5.87. The van der Waals surface area contributed by atoms with Crippen LogP contribution in [0, 0.1) is 0 Å². The summed E-state index contributed by atoms with van der Waals surface area (Å²) in [5, 5.41) is 3.64. The molecule has 1 fully saturated rings. The lowest BCUT2D eigenvalue weighted by Gasteiger charge is -2.34. The van der Waals surface area contributed by atoms with E-state index in [0.717, 1.165) is 69.7 Å².